The van der Waals surface area contributed by atoms with Crippen molar-refractivity contribution in [1.29, 1.82) is 0 Å². The summed E-state index contributed by atoms with van der Waals surface area (Å²) in [5.74, 6) is 1.04. The zero-order valence-electron chi connectivity index (χ0n) is 14.3. The molecule has 1 amide bonds. The van der Waals surface area contributed by atoms with Gasteiger partial charge in [0.1, 0.15) is 11.6 Å². The Hall–Kier alpha value is -4.01. The van der Waals surface area contributed by atoms with Crippen molar-refractivity contribution in [2.24, 2.45) is 7.05 Å². The summed E-state index contributed by atoms with van der Waals surface area (Å²) < 4.78 is 7.28. The number of rotatable bonds is 5. The van der Waals surface area contributed by atoms with Gasteiger partial charge in [0.2, 0.25) is 0 Å². The van der Waals surface area contributed by atoms with E-state index in [0.29, 0.717) is 17.0 Å². The first-order valence-electron chi connectivity index (χ1n) is 8.10. The fourth-order valence-corrected chi connectivity index (χ4v) is 2.61. The molecule has 2 N–H and O–H groups in total. The van der Waals surface area contributed by atoms with E-state index in [-0.39, 0.29) is 11.9 Å². The van der Waals surface area contributed by atoms with E-state index in [9.17, 15) is 4.79 Å². The van der Waals surface area contributed by atoms with Crippen LogP contribution in [0.1, 0.15) is 10.4 Å². The van der Waals surface area contributed by atoms with Crippen LogP contribution in [0.4, 0.5) is 5.69 Å². The lowest BCUT2D eigenvalue weighted by atomic mass is 10.1. The number of carbonyl (C=O) groups excluding carboxylic acids is 1. The Balaban J connectivity index is 1.52. The monoisotopic (exact) mass is 361 g/mol. The number of anilines is 1. The third-order valence-corrected chi connectivity index (χ3v) is 3.88. The van der Waals surface area contributed by atoms with Gasteiger partial charge in [-0.25, -0.2) is 4.98 Å². The van der Waals surface area contributed by atoms with Crippen LogP contribution >= 0.6 is 0 Å². The number of carbonyl (C=O) groups is 1. The van der Waals surface area contributed by atoms with Crippen molar-refractivity contribution in [3.8, 4) is 23.1 Å². The summed E-state index contributed by atoms with van der Waals surface area (Å²) in [7, 11) is 1.89. The van der Waals surface area contributed by atoms with Gasteiger partial charge in [-0.15, -0.1) is 0 Å². The standard InChI is InChI=1S/C18H15N7O2/c1-25-11-10-19-16(25)14-4-2-3-5-15(14)17(26)20-12-6-8-13(9-7-12)27-18-21-23-24-22-18/h2-11H,1H3,(H,20,26)(H,21,22,23,24). The smallest absolute Gasteiger partial charge is 0.361 e. The number of ether oxygens (including phenoxy) is 1. The van der Waals surface area contributed by atoms with Gasteiger partial charge in [0.15, 0.2) is 0 Å². The molecule has 9 nitrogen and oxygen atoms in total. The predicted octanol–water partition coefficient (Wildman–Crippen LogP) is 2.64. The summed E-state index contributed by atoms with van der Waals surface area (Å²) in [6.45, 7) is 0. The molecule has 0 radical (unpaired) electrons. The molecular formula is C18H15N7O2. The molecule has 134 valence electrons. The number of aromatic amines is 1. The predicted molar refractivity (Wildman–Crippen MR) is 97.3 cm³/mol. The van der Waals surface area contributed by atoms with Crippen LogP contribution in [0.5, 0.6) is 11.8 Å². The van der Waals surface area contributed by atoms with E-state index in [4.69, 9.17) is 4.74 Å². The van der Waals surface area contributed by atoms with Crippen molar-refractivity contribution in [2.45, 2.75) is 0 Å². The minimum atomic E-state index is -0.222. The average Bonchev–Trinajstić information content (AvgIpc) is 3.35. The van der Waals surface area contributed by atoms with E-state index in [1.165, 1.54) is 0 Å². The summed E-state index contributed by atoms with van der Waals surface area (Å²) in [4.78, 5) is 17.1. The van der Waals surface area contributed by atoms with E-state index >= 15 is 0 Å². The number of nitrogens with zero attached hydrogens (tertiary/aromatic N) is 5. The summed E-state index contributed by atoms with van der Waals surface area (Å²) >= 11 is 0. The topological polar surface area (TPSA) is 111 Å². The van der Waals surface area contributed by atoms with Crippen LogP contribution in [0.3, 0.4) is 0 Å². The highest BCUT2D eigenvalue weighted by Gasteiger charge is 2.15. The molecule has 0 aliphatic carbocycles. The van der Waals surface area contributed by atoms with Gasteiger partial charge >= 0.3 is 6.01 Å². The fourth-order valence-electron chi connectivity index (χ4n) is 2.61. The first-order chi connectivity index (χ1) is 13.2. The normalized spacial score (nSPS) is 10.6. The van der Waals surface area contributed by atoms with Crippen LogP contribution in [0.2, 0.25) is 0 Å². The molecule has 0 aliphatic heterocycles. The Bertz CT molecular complexity index is 1060. The highest BCUT2D eigenvalue weighted by Crippen LogP contribution is 2.24. The maximum Gasteiger partial charge on any atom is 0.361 e. The Morgan fingerprint density at radius 2 is 1.96 bits per heavy atom. The van der Waals surface area contributed by atoms with Crippen molar-refractivity contribution in [2.75, 3.05) is 5.32 Å². The molecule has 0 saturated heterocycles. The number of tetrazole rings is 1. The number of H-pyrrole nitrogens is 1. The van der Waals surface area contributed by atoms with Crippen molar-refractivity contribution < 1.29 is 9.53 Å². The van der Waals surface area contributed by atoms with Crippen molar-refractivity contribution >= 4 is 11.6 Å². The number of amides is 1. The lowest BCUT2D eigenvalue weighted by Gasteiger charge is -2.10. The zero-order valence-corrected chi connectivity index (χ0v) is 14.3. The van der Waals surface area contributed by atoms with Gasteiger partial charge in [-0.1, -0.05) is 28.4 Å². The maximum absolute atomic E-state index is 12.8. The lowest BCUT2D eigenvalue weighted by molar-refractivity contribution is 0.102. The first kappa shape index (κ1) is 16.5. The highest BCUT2D eigenvalue weighted by molar-refractivity contribution is 6.08. The zero-order chi connectivity index (χ0) is 18.6. The van der Waals surface area contributed by atoms with Crippen molar-refractivity contribution in [3.05, 3.63) is 66.5 Å². The number of hydrogen-bond acceptors (Lipinski definition) is 6. The van der Waals surface area contributed by atoms with Gasteiger partial charge in [0, 0.05) is 30.7 Å². The SMILES string of the molecule is Cn1ccnc1-c1ccccc1C(=O)Nc1ccc(Oc2nn[nH]n2)cc1. The number of benzene rings is 2. The van der Waals surface area contributed by atoms with E-state index in [1.54, 1.807) is 36.5 Å². The first-order valence-corrected chi connectivity index (χ1v) is 8.10. The minimum Gasteiger partial charge on any atom is -0.422 e. The maximum atomic E-state index is 12.8. The molecule has 2 aromatic heterocycles. The molecule has 4 rings (SSSR count). The summed E-state index contributed by atoms with van der Waals surface area (Å²) in [5, 5.41) is 16.0. The molecule has 0 unspecified atom stereocenters. The Morgan fingerprint density at radius 3 is 2.67 bits per heavy atom. The van der Waals surface area contributed by atoms with Crippen LogP contribution in [0.15, 0.2) is 60.9 Å². The molecule has 0 saturated carbocycles. The molecule has 0 bridgehead atoms. The Morgan fingerprint density at radius 1 is 1.15 bits per heavy atom. The van der Waals surface area contributed by atoms with Crippen LogP contribution in [0, 0.1) is 0 Å². The van der Waals surface area contributed by atoms with Crippen LogP contribution < -0.4 is 10.1 Å². The molecule has 0 fully saturated rings. The molecule has 4 aromatic rings. The second kappa shape index (κ2) is 7.08. The van der Waals surface area contributed by atoms with Crippen LogP contribution in [-0.4, -0.2) is 36.1 Å². The van der Waals surface area contributed by atoms with E-state index < -0.39 is 0 Å². The van der Waals surface area contributed by atoms with E-state index in [2.05, 4.69) is 30.9 Å². The molecule has 2 aromatic carbocycles. The molecule has 2 heterocycles. The minimum absolute atomic E-state index is 0.121. The van der Waals surface area contributed by atoms with Gasteiger partial charge in [-0.05, 0) is 35.5 Å². The van der Waals surface area contributed by atoms with E-state index in [1.807, 2.05) is 36.0 Å². The largest absolute Gasteiger partial charge is 0.422 e. The fraction of sp³-hybridized carbons (Fsp3) is 0.0556. The molecule has 0 aliphatic rings. The highest BCUT2D eigenvalue weighted by atomic mass is 16.5. The molecule has 27 heavy (non-hydrogen) atoms. The second-order valence-electron chi connectivity index (χ2n) is 5.68. The molecule has 0 spiro atoms. The average molecular weight is 361 g/mol. The van der Waals surface area contributed by atoms with Gasteiger partial charge in [0.05, 0.1) is 5.56 Å². The van der Waals surface area contributed by atoms with Gasteiger partial charge in [0.25, 0.3) is 5.91 Å². The van der Waals surface area contributed by atoms with Gasteiger partial charge < -0.3 is 14.6 Å². The second-order valence-corrected chi connectivity index (χ2v) is 5.68. The summed E-state index contributed by atoms with van der Waals surface area (Å²) in [6, 6.07) is 14.3. The number of hydrogen-bond donors (Lipinski definition) is 2. The summed E-state index contributed by atoms with van der Waals surface area (Å²) in [6.07, 6.45) is 3.54. The number of imidazole rings is 1. The number of aryl methyl sites for hydroxylation is 1. The number of aromatic nitrogens is 6. The van der Waals surface area contributed by atoms with Crippen molar-refractivity contribution in [3.63, 3.8) is 0 Å². The molecule has 9 heteroatoms. The Kier molecular flexibility index (Phi) is 4.32. The van der Waals surface area contributed by atoms with Crippen LogP contribution in [0.25, 0.3) is 11.4 Å². The quantitative estimate of drug-likeness (QED) is 0.565. The lowest BCUT2D eigenvalue weighted by Crippen LogP contribution is -2.13. The van der Waals surface area contributed by atoms with Gasteiger partial charge in [-0.2, -0.15) is 5.21 Å². The summed E-state index contributed by atoms with van der Waals surface area (Å²) in [5.41, 5.74) is 1.94. The van der Waals surface area contributed by atoms with Crippen molar-refractivity contribution in [1.82, 2.24) is 30.2 Å². The van der Waals surface area contributed by atoms with E-state index in [0.717, 1.165) is 11.4 Å². The van der Waals surface area contributed by atoms with Gasteiger partial charge in [-0.3, -0.25) is 4.79 Å². The van der Waals surface area contributed by atoms with Crippen LogP contribution in [-0.2, 0) is 7.05 Å². The molecule has 0 atom stereocenters. The number of nitrogens with one attached hydrogen (secondary N) is 2. The Labute approximate surface area is 154 Å². The molecular weight excluding hydrogens is 346 g/mol. The third-order valence-electron chi connectivity index (χ3n) is 3.88. The third kappa shape index (κ3) is 3.52.